The summed E-state index contributed by atoms with van der Waals surface area (Å²) in [5, 5.41) is 9.71. The van der Waals surface area contributed by atoms with E-state index in [1.165, 1.54) is 12.1 Å². The van der Waals surface area contributed by atoms with Gasteiger partial charge in [0.15, 0.2) is 0 Å². The Hall–Kier alpha value is -1.82. The number of thiazole rings is 1. The highest BCUT2D eigenvalue weighted by molar-refractivity contribution is 7.13. The lowest BCUT2D eigenvalue weighted by atomic mass is 10.1. The fourth-order valence-corrected chi connectivity index (χ4v) is 3.08. The van der Waals surface area contributed by atoms with Gasteiger partial charge in [-0.25, -0.2) is 18.6 Å². The number of halogens is 2. The summed E-state index contributed by atoms with van der Waals surface area (Å²) in [7, 11) is 0. The Kier molecular flexibility index (Phi) is 3.25. The molecule has 104 valence electrons. The minimum atomic E-state index is -0.991. The van der Waals surface area contributed by atoms with Crippen LogP contribution in [0.15, 0.2) is 18.2 Å². The number of hydrogen-bond acceptors (Lipinski definition) is 3. The van der Waals surface area contributed by atoms with Gasteiger partial charge in [-0.1, -0.05) is 6.07 Å². The van der Waals surface area contributed by atoms with Crippen molar-refractivity contribution in [3.05, 3.63) is 51.0 Å². The van der Waals surface area contributed by atoms with Crippen LogP contribution in [0.25, 0.3) is 0 Å². The molecule has 6 heteroatoms. The number of hydrogen-bond donors (Lipinski definition) is 1. The zero-order chi connectivity index (χ0) is 14.3. The van der Waals surface area contributed by atoms with E-state index < -0.39 is 17.6 Å². The van der Waals surface area contributed by atoms with Crippen LogP contribution < -0.4 is 0 Å². The van der Waals surface area contributed by atoms with Crippen molar-refractivity contribution in [3.63, 3.8) is 0 Å². The molecule has 0 radical (unpaired) electrons. The van der Waals surface area contributed by atoms with Crippen LogP contribution in [0.2, 0.25) is 0 Å². The van der Waals surface area contributed by atoms with Crippen molar-refractivity contribution in [2.45, 2.75) is 25.2 Å². The molecule has 1 N–H and O–H groups in total. The largest absolute Gasteiger partial charge is 0.477 e. The lowest BCUT2D eigenvalue weighted by Gasteiger charge is -2.00. The Bertz CT molecular complexity index is 680. The van der Waals surface area contributed by atoms with Crippen LogP contribution in [0.1, 0.15) is 44.7 Å². The highest BCUT2D eigenvalue weighted by atomic mass is 32.1. The average molecular weight is 295 g/mol. The van der Waals surface area contributed by atoms with Crippen molar-refractivity contribution in [2.75, 3.05) is 0 Å². The van der Waals surface area contributed by atoms with Gasteiger partial charge in [0.1, 0.15) is 16.5 Å². The van der Waals surface area contributed by atoms with Gasteiger partial charge in [0, 0.05) is 18.4 Å². The summed E-state index contributed by atoms with van der Waals surface area (Å²) >= 11 is 1.07. The summed E-state index contributed by atoms with van der Waals surface area (Å²) in [4.78, 5) is 15.7. The zero-order valence-electron chi connectivity index (χ0n) is 10.4. The predicted octanol–water partition coefficient (Wildman–Crippen LogP) is 3.59. The van der Waals surface area contributed by atoms with Crippen molar-refractivity contribution < 1.29 is 18.7 Å². The average Bonchev–Trinajstić information content (AvgIpc) is 3.14. The molecule has 1 aliphatic rings. The standard InChI is InChI=1S/C14H11F2NO2S/c15-9-4-3-8(10(16)6-9)5-11-17-12(7-1-2-7)13(20-11)14(18)19/h3-4,6-7H,1-2,5H2,(H,18,19). The van der Waals surface area contributed by atoms with E-state index in [1.807, 2.05) is 0 Å². The van der Waals surface area contributed by atoms with E-state index in [0.717, 1.165) is 30.2 Å². The van der Waals surface area contributed by atoms with E-state index >= 15 is 0 Å². The Labute approximate surface area is 117 Å². The SMILES string of the molecule is O=C(O)c1sc(Cc2ccc(F)cc2F)nc1C1CC1. The van der Waals surface area contributed by atoms with Crippen LogP contribution in [0, 0.1) is 11.6 Å². The molecule has 1 heterocycles. The molecule has 0 amide bonds. The quantitative estimate of drug-likeness (QED) is 0.937. The molecule has 1 aromatic carbocycles. The summed E-state index contributed by atoms with van der Waals surface area (Å²) in [6.07, 6.45) is 2.09. The van der Waals surface area contributed by atoms with Crippen LogP contribution in [0.4, 0.5) is 8.78 Å². The molecule has 1 fully saturated rings. The maximum atomic E-state index is 13.6. The Morgan fingerprint density at radius 1 is 1.40 bits per heavy atom. The van der Waals surface area contributed by atoms with Crippen molar-refractivity contribution in [1.29, 1.82) is 0 Å². The number of carbonyl (C=O) groups is 1. The van der Waals surface area contributed by atoms with Gasteiger partial charge in [0.25, 0.3) is 0 Å². The molecule has 1 saturated carbocycles. The van der Waals surface area contributed by atoms with E-state index in [-0.39, 0.29) is 17.2 Å². The highest BCUT2D eigenvalue weighted by Crippen LogP contribution is 2.42. The van der Waals surface area contributed by atoms with Crippen molar-refractivity contribution in [3.8, 4) is 0 Å². The van der Waals surface area contributed by atoms with E-state index in [9.17, 15) is 13.6 Å². The second kappa shape index (κ2) is 4.94. The molecule has 0 atom stereocenters. The third-order valence-electron chi connectivity index (χ3n) is 3.21. The summed E-state index contributed by atoms with van der Waals surface area (Å²) in [6.45, 7) is 0. The van der Waals surface area contributed by atoms with Crippen LogP contribution in [0.5, 0.6) is 0 Å². The smallest absolute Gasteiger partial charge is 0.347 e. The van der Waals surface area contributed by atoms with Gasteiger partial charge in [-0.2, -0.15) is 0 Å². The number of nitrogens with zero attached hydrogens (tertiary/aromatic N) is 1. The third-order valence-corrected chi connectivity index (χ3v) is 4.27. The van der Waals surface area contributed by atoms with Gasteiger partial charge >= 0.3 is 5.97 Å². The second-order valence-corrected chi connectivity index (χ2v) is 5.90. The summed E-state index contributed by atoms with van der Waals surface area (Å²) in [5.74, 6) is -2.03. The topological polar surface area (TPSA) is 50.2 Å². The normalized spacial score (nSPS) is 14.5. The molecule has 0 aliphatic heterocycles. The first-order valence-electron chi connectivity index (χ1n) is 6.21. The first-order chi connectivity index (χ1) is 9.54. The molecule has 0 spiro atoms. The molecular formula is C14H11F2NO2S. The third kappa shape index (κ3) is 2.56. The highest BCUT2D eigenvalue weighted by Gasteiger charge is 2.32. The van der Waals surface area contributed by atoms with E-state index in [4.69, 9.17) is 5.11 Å². The van der Waals surface area contributed by atoms with Crippen molar-refractivity contribution in [1.82, 2.24) is 4.98 Å². The van der Waals surface area contributed by atoms with Crippen LogP contribution in [-0.4, -0.2) is 16.1 Å². The molecule has 2 aromatic rings. The Balaban J connectivity index is 1.90. The summed E-state index contributed by atoms with van der Waals surface area (Å²) in [5.41, 5.74) is 0.930. The molecule has 1 aromatic heterocycles. The van der Waals surface area contributed by atoms with Crippen LogP contribution in [0.3, 0.4) is 0 Å². The van der Waals surface area contributed by atoms with Gasteiger partial charge in [-0.15, -0.1) is 11.3 Å². The Morgan fingerprint density at radius 3 is 2.75 bits per heavy atom. The van der Waals surface area contributed by atoms with E-state index in [1.54, 1.807) is 0 Å². The molecule has 3 nitrogen and oxygen atoms in total. The van der Waals surface area contributed by atoms with Gasteiger partial charge in [0.2, 0.25) is 0 Å². The molecular weight excluding hydrogens is 284 g/mol. The second-order valence-electron chi connectivity index (χ2n) is 4.81. The maximum Gasteiger partial charge on any atom is 0.347 e. The lowest BCUT2D eigenvalue weighted by molar-refractivity contribution is 0.0700. The Morgan fingerprint density at radius 2 is 2.15 bits per heavy atom. The van der Waals surface area contributed by atoms with Crippen molar-refractivity contribution >= 4 is 17.3 Å². The number of rotatable bonds is 4. The first kappa shape index (κ1) is 13.2. The van der Waals surface area contributed by atoms with Crippen LogP contribution >= 0.6 is 11.3 Å². The predicted molar refractivity (Wildman–Crippen MR) is 70.2 cm³/mol. The minimum absolute atomic E-state index is 0.184. The van der Waals surface area contributed by atoms with E-state index in [0.29, 0.717) is 16.3 Å². The molecule has 0 saturated heterocycles. The monoisotopic (exact) mass is 295 g/mol. The molecule has 3 rings (SSSR count). The van der Waals surface area contributed by atoms with Crippen LogP contribution in [-0.2, 0) is 6.42 Å². The molecule has 1 aliphatic carbocycles. The molecule has 0 unspecified atom stereocenters. The van der Waals surface area contributed by atoms with Gasteiger partial charge < -0.3 is 5.11 Å². The zero-order valence-corrected chi connectivity index (χ0v) is 11.2. The van der Waals surface area contributed by atoms with Gasteiger partial charge in [-0.05, 0) is 24.5 Å². The number of aromatic carboxylic acids is 1. The van der Waals surface area contributed by atoms with E-state index in [2.05, 4.69) is 4.98 Å². The fourth-order valence-electron chi connectivity index (χ4n) is 2.07. The first-order valence-corrected chi connectivity index (χ1v) is 7.03. The fraction of sp³-hybridized carbons (Fsp3) is 0.286. The minimum Gasteiger partial charge on any atom is -0.477 e. The van der Waals surface area contributed by atoms with Crippen molar-refractivity contribution in [2.24, 2.45) is 0 Å². The number of carboxylic acids is 1. The number of carboxylic acid groups (broad SMARTS) is 1. The molecule has 0 bridgehead atoms. The summed E-state index contributed by atoms with van der Waals surface area (Å²) < 4.78 is 26.4. The lowest BCUT2D eigenvalue weighted by Crippen LogP contribution is -1.97. The molecule has 20 heavy (non-hydrogen) atoms. The summed E-state index contributed by atoms with van der Waals surface area (Å²) in [6, 6.07) is 3.37. The number of benzene rings is 1. The maximum absolute atomic E-state index is 13.6. The van der Waals surface area contributed by atoms with Gasteiger partial charge in [0.05, 0.1) is 10.7 Å². The number of aromatic nitrogens is 1. The van der Waals surface area contributed by atoms with Gasteiger partial charge in [-0.3, -0.25) is 0 Å².